The molecule has 0 bridgehead atoms. The van der Waals surface area contributed by atoms with E-state index in [0.717, 1.165) is 27.3 Å². The number of aromatic nitrogens is 1. The molecule has 0 amide bonds. The van der Waals surface area contributed by atoms with Gasteiger partial charge in [0.25, 0.3) is 0 Å². The third-order valence-electron chi connectivity index (χ3n) is 2.45. The van der Waals surface area contributed by atoms with Crippen LogP contribution in [0.1, 0.15) is 21.6 Å². The van der Waals surface area contributed by atoms with Crippen LogP contribution in [-0.2, 0) is 0 Å². The molecule has 0 aliphatic rings. The second-order valence-electron chi connectivity index (χ2n) is 3.89. The van der Waals surface area contributed by atoms with Gasteiger partial charge in [-0.05, 0) is 59.0 Å². The first-order chi connectivity index (χ1) is 8.49. The quantitative estimate of drug-likeness (QED) is 0.896. The van der Waals surface area contributed by atoms with Crippen LogP contribution in [-0.4, -0.2) is 15.4 Å². The number of hydrogen-bond donors (Lipinski definition) is 2. The van der Waals surface area contributed by atoms with Crippen molar-refractivity contribution in [1.29, 1.82) is 0 Å². The molecular formula is C12H11BrN2O2S. The largest absolute Gasteiger partial charge is 0.478 e. The van der Waals surface area contributed by atoms with Crippen molar-refractivity contribution >= 4 is 44.1 Å². The van der Waals surface area contributed by atoms with Gasteiger partial charge in [0.1, 0.15) is 10.6 Å². The number of aryl methyl sites for hydroxylation is 2. The molecular weight excluding hydrogens is 316 g/mol. The highest BCUT2D eigenvalue weighted by Gasteiger charge is 2.18. The van der Waals surface area contributed by atoms with E-state index in [-0.39, 0.29) is 5.56 Å². The molecule has 2 rings (SSSR count). The van der Waals surface area contributed by atoms with Gasteiger partial charge in [0.15, 0.2) is 0 Å². The molecule has 1 heterocycles. The maximum atomic E-state index is 11.2. The van der Waals surface area contributed by atoms with Gasteiger partial charge in [-0.2, -0.15) is 4.37 Å². The molecule has 0 spiro atoms. The smallest absolute Gasteiger partial charge is 0.340 e. The predicted molar refractivity (Wildman–Crippen MR) is 76.0 cm³/mol. The molecule has 1 aromatic heterocycles. The second kappa shape index (κ2) is 5.07. The van der Waals surface area contributed by atoms with E-state index in [1.807, 2.05) is 25.1 Å². The number of carbonyl (C=O) groups is 1. The molecule has 4 nitrogen and oxygen atoms in total. The van der Waals surface area contributed by atoms with Gasteiger partial charge in [-0.3, -0.25) is 0 Å². The summed E-state index contributed by atoms with van der Waals surface area (Å²) in [5.41, 5.74) is 2.69. The molecule has 18 heavy (non-hydrogen) atoms. The minimum absolute atomic E-state index is 0.230. The Labute approximate surface area is 117 Å². The first kappa shape index (κ1) is 13.0. The fourth-order valence-corrected chi connectivity index (χ4v) is 2.71. The lowest BCUT2D eigenvalue weighted by Crippen LogP contribution is -2.01. The number of anilines is 2. The molecule has 0 saturated carbocycles. The van der Waals surface area contributed by atoms with Gasteiger partial charge in [0, 0.05) is 4.47 Å². The summed E-state index contributed by atoms with van der Waals surface area (Å²) in [5, 5.41) is 12.8. The Hall–Kier alpha value is -1.40. The van der Waals surface area contributed by atoms with Crippen molar-refractivity contribution in [2.45, 2.75) is 13.8 Å². The van der Waals surface area contributed by atoms with Crippen molar-refractivity contribution in [1.82, 2.24) is 4.37 Å². The summed E-state index contributed by atoms with van der Waals surface area (Å²) in [5.74, 6) is -0.965. The first-order valence-corrected chi connectivity index (χ1v) is 6.78. The summed E-state index contributed by atoms with van der Waals surface area (Å²) in [4.78, 5) is 11.2. The Kier molecular flexibility index (Phi) is 3.68. The van der Waals surface area contributed by atoms with Crippen molar-refractivity contribution in [3.63, 3.8) is 0 Å². The number of hydrogen-bond acceptors (Lipinski definition) is 4. The van der Waals surface area contributed by atoms with Crippen LogP contribution >= 0.6 is 27.5 Å². The normalized spacial score (nSPS) is 10.4. The van der Waals surface area contributed by atoms with Crippen LogP contribution in [0.15, 0.2) is 22.7 Å². The molecule has 0 radical (unpaired) electrons. The van der Waals surface area contributed by atoms with Crippen LogP contribution in [0.5, 0.6) is 0 Å². The van der Waals surface area contributed by atoms with E-state index >= 15 is 0 Å². The van der Waals surface area contributed by atoms with Gasteiger partial charge >= 0.3 is 5.97 Å². The lowest BCUT2D eigenvalue weighted by Gasteiger charge is -2.08. The summed E-state index contributed by atoms with van der Waals surface area (Å²) in [6.45, 7) is 3.67. The van der Waals surface area contributed by atoms with Gasteiger partial charge in [-0.15, -0.1) is 0 Å². The number of rotatable bonds is 3. The van der Waals surface area contributed by atoms with Crippen LogP contribution in [0.4, 0.5) is 10.7 Å². The van der Waals surface area contributed by atoms with E-state index in [9.17, 15) is 4.79 Å². The second-order valence-corrected chi connectivity index (χ2v) is 5.51. The van der Waals surface area contributed by atoms with E-state index in [2.05, 4.69) is 25.6 Å². The number of nitrogens with one attached hydrogen (secondary N) is 1. The summed E-state index contributed by atoms with van der Waals surface area (Å²) >= 11 is 4.58. The van der Waals surface area contributed by atoms with Gasteiger partial charge in [0.2, 0.25) is 0 Å². The molecule has 0 aliphatic heterocycles. The highest BCUT2D eigenvalue weighted by molar-refractivity contribution is 9.10. The average Bonchev–Trinajstić information content (AvgIpc) is 2.65. The van der Waals surface area contributed by atoms with E-state index in [4.69, 9.17) is 5.11 Å². The summed E-state index contributed by atoms with van der Waals surface area (Å²) in [7, 11) is 0. The molecule has 94 valence electrons. The fourth-order valence-electron chi connectivity index (χ4n) is 1.56. The first-order valence-electron chi connectivity index (χ1n) is 5.22. The summed E-state index contributed by atoms with van der Waals surface area (Å²) < 4.78 is 4.95. The highest BCUT2D eigenvalue weighted by Crippen LogP contribution is 2.32. The zero-order valence-corrected chi connectivity index (χ0v) is 12.2. The highest BCUT2D eigenvalue weighted by atomic mass is 79.9. The van der Waals surface area contributed by atoms with Crippen molar-refractivity contribution in [2.75, 3.05) is 5.32 Å². The van der Waals surface area contributed by atoms with E-state index in [0.29, 0.717) is 10.7 Å². The maximum absolute atomic E-state index is 11.2. The molecule has 1 aromatic carbocycles. The Morgan fingerprint density at radius 3 is 2.83 bits per heavy atom. The van der Waals surface area contributed by atoms with Gasteiger partial charge < -0.3 is 10.4 Å². The third-order valence-corrected chi connectivity index (χ3v) is 3.99. The Bertz CT molecular complexity index is 610. The molecule has 0 saturated heterocycles. The third kappa shape index (κ3) is 2.54. The van der Waals surface area contributed by atoms with E-state index < -0.39 is 5.97 Å². The zero-order valence-electron chi connectivity index (χ0n) is 9.82. The van der Waals surface area contributed by atoms with Gasteiger partial charge in [-0.25, -0.2) is 4.79 Å². The lowest BCUT2D eigenvalue weighted by atomic mass is 10.2. The molecule has 0 unspecified atom stereocenters. The number of carboxylic acids is 1. The maximum Gasteiger partial charge on any atom is 0.340 e. The minimum atomic E-state index is -0.965. The Morgan fingerprint density at radius 2 is 2.17 bits per heavy atom. The van der Waals surface area contributed by atoms with Gasteiger partial charge in [-0.1, -0.05) is 6.07 Å². The number of nitrogens with zero attached hydrogens (tertiary/aromatic N) is 1. The molecule has 2 N–H and O–H groups in total. The number of halogens is 1. The fraction of sp³-hybridized carbons (Fsp3) is 0.167. The molecule has 6 heteroatoms. The Balaban J connectivity index is 2.40. The summed E-state index contributed by atoms with van der Waals surface area (Å²) in [6, 6.07) is 5.85. The number of aromatic carboxylic acids is 1. The molecule has 2 aromatic rings. The van der Waals surface area contributed by atoms with Crippen molar-refractivity contribution < 1.29 is 9.90 Å². The van der Waals surface area contributed by atoms with Crippen LogP contribution in [0, 0.1) is 13.8 Å². The predicted octanol–water partition coefficient (Wildman–Crippen LogP) is 3.96. The standard InChI is InChI=1S/C12H11BrN2O2S/c1-6-3-4-8(13)9(5-6)14-11-10(12(16)17)7(2)15-18-11/h3-5,14H,1-2H3,(H,16,17). The summed E-state index contributed by atoms with van der Waals surface area (Å²) in [6.07, 6.45) is 0. The van der Waals surface area contributed by atoms with Crippen molar-refractivity contribution in [3.05, 3.63) is 39.5 Å². The van der Waals surface area contributed by atoms with Gasteiger partial charge in [0.05, 0.1) is 11.4 Å². The minimum Gasteiger partial charge on any atom is -0.478 e. The average molecular weight is 327 g/mol. The zero-order chi connectivity index (χ0) is 13.3. The van der Waals surface area contributed by atoms with E-state index in [1.54, 1.807) is 6.92 Å². The van der Waals surface area contributed by atoms with Crippen LogP contribution in [0.2, 0.25) is 0 Å². The van der Waals surface area contributed by atoms with Crippen molar-refractivity contribution in [2.24, 2.45) is 0 Å². The van der Waals surface area contributed by atoms with Crippen LogP contribution in [0.3, 0.4) is 0 Å². The molecule has 0 atom stereocenters. The topological polar surface area (TPSA) is 62.2 Å². The number of benzene rings is 1. The Morgan fingerprint density at radius 1 is 1.44 bits per heavy atom. The van der Waals surface area contributed by atoms with Crippen LogP contribution < -0.4 is 5.32 Å². The number of carboxylic acid groups (broad SMARTS) is 1. The van der Waals surface area contributed by atoms with Crippen LogP contribution in [0.25, 0.3) is 0 Å². The lowest BCUT2D eigenvalue weighted by molar-refractivity contribution is 0.0697. The molecule has 0 fully saturated rings. The molecule has 0 aliphatic carbocycles. The SMILES string of the molecule is Cc1ccc(Br)c(Nc2snc(C)c2C(=O)O)c1. The monoisotopic (exact) mass is 326 g/mol. The van der Waals surface area contributed by atoms with Crippen molar-refractivity contribution in [3.8, 4) is 0 Å². The van der Waals surface area contributed by atoms with E-state index in [1.165, 1.54) is 0 Å².